The topological polar surface area (TPSA) is 44.4 Å². The Balaban J connectivity index is 1.84. The second-order valence-electron chi connectivity index (χ2n) is 4.77. The first-order valence-electron chi connectivity index (χ1n) is 6.22. The molecule has 19 heavy (non-hydrogen) atoms. The molecule has 6 heteroatoms. The van der Waals surface area contributed by atoms with Crippen molar-refractivity contribution in [1.29, 1.82) is 0 Å². The molecule has 1 aliphatic rings. The van der Waals surface area contributed by atoms with Crippen LogP contribution in [-0.2, 0) is 4.79 Å². The molecule has 1 saturated heterocycles. The van der Waals surface area contributed by atoms with Crippen molar-refractivity contribution < 1.29 is 13.6 Å². The SMILES string of the molecule is CN1CCC(NCC(=O)Nc2c(F)cccc2F)C1. The van der Waals surface area contributed by atoms with Gasteiger partial charge in [-0.1, -0.05) is 6.07 Å². The molecule has 1 heterocycles. The van der Waals surface area contributed by atoms with Gasteiger partial charge in [-0.2, -0.15) is 0 Å². The normalized spacial score (nSPS) is 19.6. The number of rotatable bonds is 4. The molecule has 1 aromatic carbocycles. The molecule has 0 radical (unpaired) electrons. The first-order valence-corrected chi connectivity index (χ1v) is 6.22. The van der Waals surface area contributed by atoms with Crippen LogP contribution < -0.4 is 10.6 Å². The van der Waals surface area contributed by atoms with Crippen LogP contribution in [0.4, 0.5) is 14.5 Å². The predicted molar refractivity (Wildman–Crippen MR) is 68.9 cm³/mol. The van der Waals surface area contributed by atoms with Gasteiger partial charge in [-0.3, -0.25) is 4.79 Å². The van der Waals surface area contributed by atoms with Gasteiger partial charge in [0.2, 0.25) is 5.91 Å². The maximum absolute atomic E-state index is 13.3. The van der Waals surface area contributed by atoms with Crippen LogP contribution in [0.5, 0.6) is 0 Å². The molecule has 0 aliphatic carbocycles. The second kappa shape index (κ2) is 6.08. The fourth-order valence-electron chi connectivity index (χ4n) is 2.14. The lowest BCUT2D eigenvalue weighted by Gasteiger charge is -2.13. The summed E-state index contributed by atoms with van der Waals surface area (Å²) in [7, 11) is 2.01. The lowest BCUT2D eigenvalue weighted by molar-refractivity contribution is -0.115. The molecule has 0 spiro atoms. The average molecular weight is 269 g/mol. The van der Waals surface area contributed by atoms with Gasteiger partial charge < -0.3 is 15.5 Å². The summed E-state index contributed by atoms with van der Waals surface area (Å²) >= 11 is 0. The molecule has 1 atom stereocenters. The standard InChI is InChI=1S/C13H17F2N3O/c1-18-6-5-9(8-18)16-7-12(19)17-13-10(14)3-2-4-11(13)15/h2-4,9,16H,5-8H2,1H3,(H,17,19). The van der Waals surface area contributed by atoms with Gasteiger partial charge >= 0.3 is 0 Å². The number of nitrogens with one attached hydrogen (secondary N) is 2. The average Bonchev–Trinajstić information content (AvgIpc) is 2.77. The molecule has 2 rings (SSSR count). The van der Waals surface area contributed by atoms with Crippen molar-refractivity contribution in [3.8, 4) is 0 Å². The van der Waals surface area contributed by atoms with Crippen LogP contribution in [0.25, 0.3) is 0 Å². The quantitative estimate of drug-likeness (QED) is 0.863. The molecule has 1 unspecified atom stereocenters. The van der Waals surface area contributed by atoms with E-state index in [0.29, 0.717) is 0 Å². The van der Waals surface area contributed by atoms with Crippen molar-refractivity contribution in [2.24, 2.45) is 0 Å². The van der Waals surface area contributed by atoms with Gasteiger partial charge in [0.25, 0.3) is 0 Å². The number of nitrogens with zero attached hydrogens (tertiary/aromatic N) is 1. The Morgan fingerprint density at radius 1 is 1.42 bits per heavy atom. The zero-order valence-electron chi connectivity index (χ0n) is 10.7. The van der Waals surface area contributed by atoms with E-state index in [9.17, 15) is 13.6 Å². The van der Waals surface area contributed by atoms with E-state index >= 15 is 0 Å². The minimum Gasteiger partial charge on any atom is -0.320 e. The highest BCUT2D eigenvalue weighted by molar-refractivity contribution is 5.92. The number of likely N-dealkylation sites (N-methyl/N-ethyl adjacent to an activating group) is 1. The van der Waals surface area contributed by atoms with Gasteiger partial charge in [0.15, 0.2) is 0 Å². The minimum atomic E-state index is -0.769. The molecule has 0 bridgehead atoms. The van der Waals surface area contributed by atoms with Crippen molar-refractivity contribution in [2.45, 2.75) is 12.5 Å². The summed E-state index contributed by atoms with van der Waals surface area (Å²) in [5, 5.41) is 5.32. The van der Waals surface area contributed by atoms with Gasteiger partial charge in [-0.25, -0.2) is 8.78 Å². The first kappa shape index (κ1) is 13.9. The highest BCUT2D eigenvalue weighted by Gasteiger charge is 2.20. The van der Waals surface area contributed by atoms with Crippen LogP contribution in [-0.4, -0.2) is 43.5 Å². The number of carbonyl (C=O) groups is 1. The molecule has 1 amide bonds. The van der Waals surface area contributed by atoms with Crippen LogP contribution in [0.3, 0.4) is 0 Å². The number of hydrogen-bond acceptors (Lipinski definition) is 3. The largest absolute Gasteiger partial charge is 0.320 e. The zero-order chi connectivity index (χ0) is 13.8. The number of likely N-dealkylation sites (tertiary alicyclic amines) is 1. The summed E-state index contributed by atoms with van der Waals surface area (Å²) in [4.78, 5) is 13.8. The van der Waals surface area contributed by atoms with E-state index < -0.39 is 23.2 Å². The zero-order valence-corrected chi connectivity index (χ0v) is 10.7. The summed E-state index contributed by atoms with van der Waals surface area (Å²) in [6, 6.07) is 3.73. The Kier molecular flexibility index (Phi) is 4.44. The van der Waals surface area contributed by atoms with Crippen molar-refractivity contribution >= 4 is 11.6 Å². The smallest absolute Gasteiger partial charge is 0.238 e. The van der Waals surface area contributed by atoms with Gasteiger partial charge in [0.05, 0.1) is 6.54 Å². The molecular formula is C13H17F2N3O. The van der Waals surface area contributed by atoms with E-state index in [1.807, 2.05) is 7.05 Å². The van der Waals surface area contributed by atoms with E-state index in [4.69, 9.17) is 0 Å². The van der Waals surface area contributed by atoms with Gasteiger partial charge in [-0.05, 0) is 32.1 Å². The van der Waals surface area contributed by atoms with E-state index in [1.165, 1.54) is 6.07 Å². The molecule has 104 valence electrons. The number of carbonyl (C=O) groups excluding carboxylic acids is 1. The number of para-hydroxylation sites is 1. The van der Waals surface area contributed by atoms with Crippen molar-refractivity contribution in [3.05, 3.63) is 29.8 Å². The van der Waals surface area contributed by atoms with E-state index in [-0.39, 0.29) is 12.6 Å². The Labute approximate surface area is 110 Å². The van der Waals surface area contributed by atoms with Crippen LogP contribution in [0.15, 0.2) is 18.2 Å². The summed E-state index contributed by atoms with van der Waals surface area (Å²) in [6.07, 6.45) is 0.970. The molecule has 0 saturated carbocycles. The highest BCUT2D eigenvalue weighted by Crippen LogP contribution is 2.17. The molecule has 1 aromatic rings. The highest BCUT2D eigenvalue weighted by atomic mass is 19.1. The number of amides is 1. The monoisotopic (exact) mass is 269 g/mol. The van der Waals surface area contributed by atoms with Gasteiger partial charge in [0.1, 0.15) is 17.3 Å². The Morgan fingerprint density at radius 3 is 2.68 bits per heavy atom. The summed E-state index contributed by atoms with van der Waals surface area (Å²) in [5.41, 5.74) is -0.391. The summed E-state index contributed by atoms with van der Waals surface area (Å²) in [6.45, 7) is 1.91. The van der Waals surface area contributed by atoms with E-state index in [0.717, 1.165) is 31.6 Å². The second-order valence-corrected chi connectivity index (χ2v) is 4.77. The maximum Gasteiger partial charge on any atom is 0.238 e. The predicted octanol–water partition coefficient (Wildman–Crippen LogP) is 1.20. The lowest BCUT2D eigenvalue weighted by atomic mass is 10.2. The number of halogens is 2. The Hall–Kier alpha value is -1.53. The Bertz CT molecular complexity index is 447. The number of benzene rings is 1. The van der Waals surface area contributed by atoms with Crippen molar-refractivity contribution in [2.75, 3.05) is 32.0 Å². The molecular weight excluding hydrogens is 252 g/mol. The van der Waals surface area contributed by atoms with Crippen LogP contribution in [0.2, 0.25) is 0 Å². The molecule has 1 fully saturated rings. The third-order valence-electron chi connectivity index (χ3n) is 3.17. The number of hydrogen-bond donors (Lipinski definition) is 2. The van der Waals surface area contributed by atoms with E-state index in [1.54, 1.807) is 0 Å². The third-order valence-corrected chi connectivity index (χ3v) is 3.17. The van der Waals surface area contributed by atoms with Crippen LogP contribution >= 0.6 is 0 Å². The molecule has 0 aromatic heterocycles. The van der Waals surface area contributed by atoms with Crippen LogP contribution in [0, 0.1) is 11.6 Å². The fraction of sp³-hybridized carbons (Fsp3) is 0.462. The molecule has 4 nitrogen and oxygen atoms in total. The maximum atomic E-state index is 13.3. The molecule has 1 aliphatic heterocycles. The Morgan fingerprint density at radius 2 is 2.11 bits per heavy atom. The summed E-state index contributed by atoms with van der Waals surface area (Å²) in [5.74, 6) is -1.98. The van der Waals surface area contributed by atoms with Crippen LogP contribution in [0.1, 0.15) is 6.42 Å². The summed E-state index contributed by atoms with van der Waals surface area (Å²) < 4.78 is 26.6. The first-order chi connectivity index (χ1) is 9.06. The fourth-order valence-corrected chi connectivity index (χ4v) is 2.14. The van der Waals surface area contributed by atoms with Gasteiger partial charge in [0, 0.05) is 12.6 Å². The van der Waals surface area contributed by atoms with Crippen molar-refractivity contribution in [3.63, 3.8) is 0 Å². The molecule has 2 N–H and O–H groups in total. The van der Waals surface area contributed by atoms with E-state index in [2.05, 4.69) is 15.5 Å². The minimum absolute atomic E-state index is 0.0479. The van der Waals surface area contributed by atoms with Gasteiger partial charge in [-0.15, -0.1) is 0 Å². The lowest BCUT2D eigenvalue weighted by Crippen LogP contribution is -2.37. The van der Waals surface area contributed by atoms with Crippen molar-refractivity contribution in [1.82, 2.24) is 10.2 Å². The number of anilines is 1. The third kappa shape index (κ3) is 3.71.